The molecule has 1 unspecified atom stereocenters. The van der Waals surface area contributed by atoms with Gasteiger partial charge in [-0.2, -0.15) is 4.31 Å². The lowest BCUT2D eigenvalue weighted by Gasteiger charge is -2.43. The predicted molar refractivity (Wildman–Crippen MR) is 78.8 cm³/mol. The van der Waals surface area contributed by atoms with Gasteiger partial charge in [-0.25, -0.2) is 8.42 Å². The van der Waals surface area contributed by atoms with E-state index in [1.54, 1.807) is 28.6 Å². The predicted octanol–water partition coefficient (Wildman–Crippen LogP) is 1.13. The highest BCUT2D eigenvalue weighted by Crippen LogP contribution is 2.27. The Balaban J connectivity index is 1.84. The van der Waals surface area contributed by atoms with Gasteiger partial charge in [0, 0.05) is 25.7 Å². The lowest BCUT2D eigenvalue weighted by atomic mass is 10.0. The Morgan fingerprint density at radius 1 is 1.10 bits per heavy atom. The Morgan fingerprint density at radius 2 is 1.90 bits per heavy atom. The van der Waals surface area contributed by atoms with E-state index >= 15 is 0 Å². The number of hydrogen-bond donors (Lipinski definition) is 1. The molecule has 2 saturated heterocycles. The first-order chi connectivity index (χ1) is 9.59. The van der Waals surface area contributed by atoms with Gasteiger partial charge in [0.05, 0.1) is 5.69 Å². The molecule has 2 fully saturated rings. The summed E-state index contributed by atoms with van der Waals surface area (Å²) in [5.41, 5.74) is 6.16. The van der Waals surface area contributed by atoms with Crippen LogP contribution < -0.4 is 5.73 Å². The maximum absolute atomic E-state index is 12.7. The van der Waals surface area contributed by atoms with E-state index in [1.807, 2.05) is 0 Å². The van der Waals surface area contributed by atoms with Gasteiger partial charge >= 0.3 is 0 Å². The summed E-state index contributed by atoms with van der Waals surface area (Å²) in [6.07, 6.45) is 3.52. The number of fused-ring (bicyclic) bond motifs is 1. The van der Waals surface area contributed by atoms with E-state index in [4.69, 9.17) is 5.73 Å². The van der Waals surface area contributed by atoms with Gasteiger partial charge in [0.15, 0.2) is 0 Å². The van der Waals surface area contributed by atoms with Crippen LogP contribution in [0.25, 0.3) is 0 Å². The van der Waals surface area contributed by atoms with E-state index in [-0.39, 0.29) is 4.90 Å². The fourth-order valence-electron chi connectivity index (χ4n) is 3.20. The smallest absolute Gasteiger partial charge is 0.245 e. The monoisotopic (exact) mass is 295 g/mol. The number of rotatable bonds is 2. The minimum Gasteiger partial charge on any atom is -0.398 e. The van der Waals surface area contributed by atoms with E-state index in [9.17, 15) is 8.42 Å². The summed E-state index contributed by atoms with van der Waals surface area (Å²) in [5, 5.41) is 0. The zero-order valence-corrected chi connectivity index (χ0v) is 12.3. The third-order valence-corrected chi connectivity index (χ3v) is 6.28. The molecule has 3 rings (SSSR count). The van der Waals surface area contributed by atoms with Gasteiger partial charge in [-0.1, -0.05) is 18.6 Å². The van der Waals surface area contributed by atoms with Crippen LogP contribution in [-0.2, 0) is 10.0 Å². The molecule has 0 aromatic heterocycles. The molecule has 110 valence electrons. The van der Waals surface area contributed by atoms with E-state index in [0.29, 0.717) is 24.8 Å². The number of piperazine rings is 1. The van der Waals surface area contributed by atoms with Crippen molar-refractivity contribution >= 4 is 15.7 Å². The largest absolute Gasteiger partial charge is 0.398 e. The molecule has 2 aliphatic rings. The van der Waals surface area contributed by atoms with Crippen molar-refractivity contribution in [3.8, 4) is 0 Å². The number of sulfonamides is 1. The molecule has 1 aromatic rings. The van der Waals surface area contributed by atoms with Crippen LogP contribution in [0.3, 0.4) is 0 Å². The molecule has 2 N–H and O–H groups in total. The van der Waals surface area contributed by atoms with Crippen LogP contribution in [0, 0.1) is 0 Å². The number of hydrogen-bond acceptors (Lipinski definition) is 4. The first-order valence-corrected chi connectivity index (χ1v) is 8.62. The molecule has 5 nitrogen and oxygen atoms in total. The van der Waals surface area contributed by atoms with Gasteiger partial charge in [0.2, 0.25) is 10.0 Å². The highest BCUT2D eigenvalue weighted by atomic mass is 32.2. The van der Waals surface area contributed by atoms with Crippen LogP contribution in [0.4, 0.5) is 5.69 Å². The SMILES string of the molecule is Nc1ccccc1S(=O)(=O)N1CCN2CCCCC2C1. The second-order valence-corrected chi connectivity index (χ2v) is 7.49. The average Bonchev–Trinajstić information content (AvgIpc) is 2.47. The summed E-state index contributed by atoms with van der Waals surface area (Å²) in [6, 6.07) is 7.09. The Morgan fingerprint density at radius 3 is 2.70 bits per heavy atom. The zero-order valence-electron chi connectivity index (χ0n) is 11.5. The van der Waals surface area contributed by atoms with Crippen molar-refractivity contribution in [1.82, 2.24) is 9.21 Å². The second kappa shape index (κ2) is 5.35. The van der Waals surface area contributed by atoms with Crippen molar-refractivity contribution < 1.29 is 8.42 Å². The number of nitrogen functional groups attached to an aromatic ring is 1. The fraction of sp³-hybridized carbons (Fsp3) is 0.571. The standard InChI is InChI=1S/C14H21N3O2S/c15-13-6-1-2-7-14(13)20(18,19)17-10-9-16-8-4-3-5-12(16)11-17/h1-2,6-7,12H,3-5,8-11,15H2. The average molecular weight is 295 g/mol. The van der Waals surface area contributed by atoms with E-state index in [2.05, 4.69) is 4.90 Å². The molecule has 20 heavy (non-hydrogen) atoms. The first-order valence-electron chi connectivity index (χ1n) is 7.18. The van der Waals surface area contributed by atoms with Crippen molar-refractivity contribution in [3.63, 3.8) is 0 Å². The second-order valence-electron chi connectivity index (χ2n) is 5.59. The van der Waals surface area contributed by atoms with E-state index < -0.39 is 10.0 Å². The number of nitrogens with zero attached hydrogens (tertiary/aromatic N) is 2. The molecule has 0 spiro atoms. The molecule has 2 heterocycles. The molecule has 0 bridgehead atoms. The topological polar surface area (TPSA) is 66.6 Å². The summed E-state index contributed by atoms with van der Waals surface area (Å²) in [6.45, 7) is 3.09. The van der Waals surface area contributed by atoms with Gasteiger partial charge in [0.1, 0.15) is 4.90 Å². The van der Waals surface area contributed by atoms with E-state index in [1.165, 1.54) is 12.8 Å². The number of nitrogens with two attached hydrogens (primary N) is 1. The van der Waals surface area contributed by atoms with Crippen LogP contribution in [-0.4, -0.2) is 49.8 Å². The highest BCUT2D eigenvalue weighted by Gasteiger charge is 2.35. The number of piperidine rings is 1. The maximum Gasteiger partial charge on any atom is 0.245 e. The molecule has 1 aromatic carbocycles. The Bertz CT molecular complexity index is 588. The Hall–Kier alpha value is -1.11. The summed E-state index contributed by atoms with van der Waals surface area (Å²) < 4.78 is 27.0. The van der Waals surface area contributed by atoms with Gasteiger partial charge in [0.25, 0.3) is 0 Å². The van der Waals surface area contributed by atoms with Gasteiger partial charge < -0.3 is 5.73 Å². The zero-order chi connectivity index (χ0) is 14.2. The molecule has 0 radical (unpaired) electrons. The number of anilines is 1. The van der Waals surface area contributed by atoms with E-state index in [0.717, 1.165) is 19.5 Å². The number of para-hydroxylation sites is 1. The quantitative estimate of drug-likeness (QED) is 0.831. The lowest BCUT2D eigenvalue weighted by molar-refractivity contribution is 0.0852. The highest BCUT2D eigenvalue weighted by molar-refractivity contribution is 7.89. The fourth-order valence-corrected chi connectivity index (χ4v) is 4.79. The molecule has 6 heteroatoms. The van der Waals surface area contributed by atoms with Gasteiger partial charge in [-0.15, -0.1) is 0 Å². The molecule has 0 saturated carbocycles. The van der Waals surface area contributed by atoms with Crippen molar-refractivity contribution in [3.05, 3.63) is 24.3 Å². The molecular formula is C14H21N3O2S. The van der Waals surface area contributed by atoms with Crippen LogP contribution in [0.15, 0.2) is 29.2 Å². The van der Waals surface area contributed by atoms with Crippen LogP contribution >= 0.6 is 0 Å². The summed E-state index contributed by atoms with van der Waals surface area (Å²) in [5.74, 6) is 0. The van der Waals surface area contributed by atoms with Crippen molar-refractivity contribution in [2.45, 2.75) is 30.2 Å². The number of benzene rings is 1. The summed E-state index contributed by atoms with van der Waals surface area (Å²) >= 11 is 0. The third kappa shape index (κ3) is 2.43. The van der Waals surface area contributed by atoms with Gasteiger partial charge in [-0.05, 0) is 31.5 Å². The van der Waals surface area contributed by atoms with Gasteiger partial charge in [-0.3, -0.25) is 4.90 Å². The summed E-state index contributed by atoms with van der Waals surface area (Å²) in [4.78, 5) is 2.66. The normalized spacial score (nSPS) is 25.3. The molecule has 1 atom stereocenters. The van der Waals surface area contributed by atoms with Crippen molar-refractivity contribution in [2.24, 2.45) is 0 Å². The molecule has 2 aliphatic heterocycles. The molecule has 0 amide bonds. The van der Waals surface area contributed by atoms with Crippen molar-refractivity contribution in [2.75, 3.05) is 31.9 Å². The minimum absolute atomic E-state index is 0.240. The van der Waals surface area contributed by atoms with Crippen molar-refractivity contribution in [1.29, 1.82) is 0 Å². The van der Waals surface area contributed by atoms with Crippen LogP contribution in [0.5, 0.6) is 0 Å². The molecule has 0 aliphatic carbocycles. The molecular weight excluding hydrogens is 274 g/mol. The first kappa shape index (κ1) is 13.9. The Kier molecular flexibility index (Phi) is 3.70. The maximum atomic E-state index is 12.7. The lowest BCUT2D eigenvalue weighted by Crippen LogP contribution is -2.56. The third-order valence-electron chi connectivity index (χ3n) is 4.34. The van der Waals surface area contributed by atoms with Crippen LogP contribution in [0.1, 0.15) is 19.3 Å². The summed E-state index contributed by atoms with van der Waals surface area (Å²) in [7, 11) is -3.46. The Labute approximate surface area is 120 Å². The van der Waals surface area contributed by atoms with Crippen LogP contribution in [0.2, 0.25) is 0 Å². The minimum atomic E-state index is -3.46.